The SMILES string of the molecule is C[C@@H](O)[C@H](NC(=O)C(C)(C)C)C(=O)O.O=C1CC(O)C(=O)N1. The van der Waals surface area contributed by atoms with Crippen molar-refractivity contribution in [1.82, 2.24) is 10.6 Å². The van der Waals surface area contributed by atoms with Crippen LogP contribution in [0.4, 0.5) is 0 Å². The quantitative estimate of drug-likeness (QED) is 0.392. The van der Waals surface area contributed by atoms with Crippen LogP contribution in [-0.2, 0) is 19.2 Å². The van der Waals surface area contributed by atoms with Crippen LogP contribution in [0.5, 0.6) is 0 Å². The van der Waals surface area contributed by atoms with Crippen molar-refractivity contribution in [3.8, 4) is 0 Å². The normalized spacial score (nSPS) is 20.4. The van der Waals surface area contributed by atoms with Gasteiger partial charge in [0, 0.05) is 5.41 Å². The molecule has 3 atom stereocenters. The second-order valence-electron chi connectivity index (χ2n) is 5.91. The number of aliphatic carboxylic acids is 1. The van der Waals surface area contributed by atoms with Crippen LogP contribution in [-0.4, -0.2) is 57.3 Å². The highest BCUT2D eigenvalue weighted by atomic mass is 16.4. The summed E-state index contributed by atoms with van der Waals surface area (Å²) >= 11 is 0. The Hall–Kier alpha value is -2.00. The van der Waals surface area contributed by atoms with Gasteiger partial charge < -0.3 is 20.6 Å². The lowest BCUT2D eigenvalue weighted by molar-refractivity contribution is -0.146. The highest BCUT2D eigenvalue weighted by Crippen LogP contribution is 2.13. The van der Waals surface area contributed by atoms with Crippen molar-refractivity contribution < 1.29 is 34.5 Å². The van der Waals surface area contributed by atoms with Gasteiger partial charge in [0.05, 0.1) is 12.5 Å². The van der Waals surface area contributed by atoms with E-state index < -0.39 is 47.4 Å². The second-order valence-corrected chi connectivity index (χ2v) is 5.91. The molecule has 0 aromatic heterocycles. The van der Waals surface area contributed by atoms with Crippen molar-refractivity contribution in [3.05, 3.63) is 0 Å². The van der Waals surface area contributed by atoms with Gasteiger partial charge in [-0.15, -0.1) is 0 Å². The zero-order valence-corrected chi connectivity index (χ0v) is 12.9. The molecule has 0 aromatic carbocycles. The van der Waals surface area contributed by atoms with Gasteiger partial charge in [-0.3, -0.25) is 19.7 Å². The summed E-state index contributed by atoms with van der Waals surface area (Å²) in [6.07, 6.45) is -2.31. The zero-order chi connectivity index (χ0) is 17.7. The minimum atomic E-state index is -1.25. The van der Waals surface area contributed by atoms with Crippen LogP contribution >= 0.6 is 0 Å². The van der Waals surface area contributed by atoms with E-state index in [1.54, 1.807) is 20.8 Å². The van der Waals surface area contributed by atoms with Crippen LogP contribution in [0.1, 0.15) is 34.1 Å². The minimum Gasteiger partial charge on any atom is -0.480 e. The van der Waals surface area contributed by atoms with E-state index in [1.165, 1.54) is 6.92 Å². The number of aliphatic hydroxyl groups excluding tert-OH is 2. The Bertz CT molecular complexity index is 454. The van der Waals surface area contributed by atoms with Crippen molar-refractivity contribution in [2.45, 2.75) is 52.4 Å². The molecule has 1 saturated heterocycles. The molecule has 1 rings (SSSR count). The third-order valence-corrected chi connectivity index (χ3v) is 2.66. The van der Waals surface area contributed by atoms with E-state index in [0.29, 0.717) is 0 Å². The van der Waals surface area contributed by atoms with Crippen molar-refractivity contribution in [2.75, 3.05) is 0 Å². The maximum Gasteiger partial charge on any atom is 0.328 e. The van der Waals surface area contributed by atoms with Crippen LogP contribution in [0.15, 0.2) is 0 Å². The lowest BCUT2D eigenvalue weighted by atomic mass is 9.95. The molecule has 0 aromatic rings. The van der Waals surface area contributed by atoms with Gasteiger partial charge in [0.25, 0.3) is 5.91 Å². The van der Waals surface area contributed by atoms with E-state index in [-0.39, 0.29) is 6.42 Å². The van der Waals surface area contributed by atoms with Crippen LogP contribution in [0.2, 0.25) is 0 Å². The maximum atomic E-state index is 11.4. The Morgan fingerprint density at radius 2 is 1.82 bits per heavy atom. The molecule has 1 heterocycles. The average Bonchev–Trinajstić information content (AvgIpc) is 2.61. The van der Waals surface area contributed by atoms with E-state index in [9.17, 15) is 19.2 Å². The number of aliphatic hydroxyl groups is 2. The number of carboxylic acids is 1. The summed E-state index contributed by atoms with van der Waals surface area (Å²) in [5.74, 6) is -2.62. The number of carbonyl (C=O) groups excluding carboxylic acids is 3. The molecule has 5 N–H and O–H groups in total. The largest absolute Gasteiger partial charge is 0.480 e. The molecule has 0 spiro atoms. The Morgan fingerprint density at radius 3 is 2.00 bits per heavy atom. The fraction of sp³-hybridized carbons (Fsp3) is 0.692. The third-order valence-electron chi connectivity index (χ3n) is 2.66. The molecule has 3 amide bonds. The molecule has 1 aliphatic rings. The minimum absolute atomic E-state index is 0.0845. The van der Waals surface area contributed by atoms with Crippen LogP contribution in [0.3, 0.4) is 0 Å². The molecular weight excluding hydrogens is 296 g/mol. The number of carboxylic acid groups (broad SMARTS) is 1. The van der Waals surface area contributed by atoms with Gasteiger partial charge in [-0.2, -0.15) is 0 Å². The molecule has 0 aliphatic carbocycles. The summed E-state index contributed by atoms with van der Waals surface area (Å²) in [5, 5.41) is 30.5. The highest BCUT2D eigenvalue weighted by Gasteiger charge is 2.30. The Balaban J connectivity index is 0.000000461. The summed E-state index contributed by atoms with van der Waals surface area (Å²) in [5.41, 5.74) is -0.664. The van der Waals surface area contributed by atoms with E-state index in [4.69, 9.17) is 15.3 Å². The first-order chi connectivity index (χ1) is 9.86. The molecule has 126 valence electrons. The molecule has 0 radical (unpaired) electrons. The predicted molar refractivity (Wildman–Crippen MR) is 74.5 cm³/mol. The van der Waals surface area contributed by atoms with Gasteiger partial charge in [0.2, 0.25) is 11.8 Å². The summed E-state index contributed by atoms with van der Waals surface area (Å²) in [7, 11) is 0. The first kappa shape index (κ1) is 20.0. The zero-order valence-electron chi connectivity index (χ0n) is 12.9. The topological polar surface area (TPSA) is 153 Å². The molecule has 22 heavy (non-hydrogen) atoms. The number of rotatable bonds is 3. The van der Waals surface area contributed by atoms with E-state index >= 15 is 0 Å². The van der Waals surface area contributed by atoms with Crippen molar-refractivity contribution in [3.63, 3.8) is 0 Å². The van der Waals surface area contributed by atoms with Gasteiger partial charge in [-0.25, -0.2) is 4.79 Å². The Morgan fingerprint density at radius 1 is 1.32 bits per heavy atom. The van der Waals surface area contributed by atoms with Crippen LogP contribution in [0, 0.1) is 5.41 Å². The van der Waals surface area contributed by atoms with Gasteiger partial charge in [-0.1, -0.05) is 20.8 Å². The number of imide groups is 1. The van der Waals surface area contributed by atoms with Crippen LogP contribution in [0.25, 0.3) is 0 Å². The monoisotopic (exact) mass is 318 g/mol. The number of carbonyl (C=O) groups is 4. The molecule has 1 fully saturated rings. The van der Waals surface area contributed by atoms with Gasteiger partial charge in [0.15, 0.2) is 6.04 Å². The molecule has 1 aliphatic heterocycles. The number of nitrogens with one attached hydrogen (secondary N) is 2. The first-order valence-corrected chi connectivity index (χ1v) is 6.60. The van der Waals surface area contributed by atoms with E-state index in [2.05, 4.69) is 5.32 Å². The van der Waals surface area contributed by atoms with E-state index in [0.717, 1.165) is 0 Å². The standard InChI is InChI=1S/C9H17NO4.C4H5NO3/c1-5(11)6(7(12)13)10-8(14)9(2,3)4;6-2-1-3(7)5-4(2)8/h5-6,11H,1-4H3,(H,10,14)(H,12,13);2,6H,1H2,(H,5,7,8)/t5-,6+;/m1./s1. The van der Waals surface area contributed by atoms with Gasteiger partial charge >= 0.3 is 5.97 Å². The average molecular weight is 318 g/mol. The smallest absolute Gasteiger partial charge is 0.328 e. The molecule has 0 saturated carbocycles. The summed E-state index contributed by atoms with van der Waals surface area (Å²) in [6, 6.07) is -1.25. The second kappa shape index (κ2) is 7.85. The predicted octanol–water partition coefficient (Wildman–Crippen LogP) is -1.62. The third kappa shape index (κ3) is 6.64. The fourth-order valence-electron chi connectivity index (χ4n) is 1.29. The van der Waals surface area contributed by atoms with Gasteiger partial charge in [0.1, 0.15) is 6.10 Å². The molecule has 9 heteroatoms. The lowest BCUT2D eigenvalue weighted by Crippen LogP contribution is -2.50. The summed E-state index contributed by atoms with van der Waals surface area (Å²) < 4.78 is 0. The Labute approximate surface area is 127 Å². The van der Waals surface area contributed by atoms with Crippen molar-refractivity contribution >= 4 is 23.7 Å². The Kier molecular flexibility index (Phi) is 7.14. The molecule has 9 nitrogen and oxygen atoms in total. The first-order valence-electron chi connectivity index (χ1n) is 6.60. The number of hydrogen-bond donors (Lipinski definition) is 5. The number of hydrogen-bond acceptors (Lipinski definition) is 6. The number of amides is 3. The van der Waals surface area contributed by atoms with Gasteiger partial charge in [-0.05, 0) is 6.92 Å². The summed E-state index contributed by atoms with van der Waals surface area (Å²) in [4.78, 5) is 42.4. The van der Waals surface area contributed by atoms with Crippen LogP contribution < -0.4 is 10.6 Å². The highest BCUT2D eigenvalue weighted by molar-refractivity contribution is 6.04. The fourth-order valence-corrected chi connectivity index (χ4v) is 1.29. The van der Waals surface area contributed by atoms with Crippen molar-refractivity contribution in [1.29, 1.82) is 0 Å². The lowest BCUT2D eigenvalue weighted by Gasteiger charge is -2.23. The van der Waals surface area contributed by atoms with E-state index in [1.807, 2.05) is 5.32 Å². The molecular formula is C13H22N2O7. The maximum absolute atomic E-state index is 11.4. The van der Waals surface area contributed by atoms with Crippen molar-refractivity contribution in [2.24, 2.45) is 5.41 Å². The summed E-state index contributed by atoms with van der Waals surface area (Å²) in [6.45, 7) is 6.33. The molecule has 1 unspecified atom stereocenters. The molecule has 0 bridgehead atoms.